The van der Waals surface area contributed by atoms with E-state index in [4.69, 9.17) is 4.74 Å². The molecule has 0 radical (unpaired) electrons. The van der Waals surface area contributed by atoms with E-state index in [-0.39, 0.29) is 22.9 Å². The lowest BCUT2D eigenvalue weighted by Crippen LogP contribution is -2.24. The molecule has 6 nitrogen and oxygen atoms in total. The molecule has 0 bridgehead atoms. The molecule has 112 valence electrons. The van der Waals surface area contributed by atoms with Crippen LogP contribution in [0.4, 0.5) is 5.69 Å². The Labute approximate surface area is 123 Å². The minimum Gasteiger partial charge on any atom is -0.465 e. The minimum absolute atomic E-state index is 0.140. The molecule has 0 aliphatic rings. The number of ether oxygens (including phenoxy) is 1. The molecule has 1 atom stereocenters. The maximum Gasteiger partial charge on any atom is 0.315 e. The largest absolute Gasteiger partial charge is 0.465 e. The Morgan fingerprint density at radius 2 is 2.10 bits per heavy atom. The lowest BCUT2D eigenvalue weighted by molar-refractivity contribution is -0.139. The summed E-state index contributed by atoms with van der Waals surface area (Å²) >= 11 is 1.26. The van der Waals surface area contributed by atoms with E-state index in [1.54, 1.807) is 18.5 Å². The Balaban J connectivity index is 2.55. The van der Waals surface area contributed by atoms with Crippen LogP contribution >= 0.6 is 11.8 Å². The monoisotopic (exact) mass is 299 g/mol. The van der Waals surface area contributed by atoms with Gasteiger partial charge >= 0.3 is 5.97 Å². The molecule has 1 amide bonds. The molecule has 1 aromatic rings. The molecule has 7 heteroatoms. The normalized spacial score (nSPS) is 12.1. The second-order valence-corrected chi connectivity index (χ2v) is 5.75. The third-order valence-corrected chi connectivity index (χ3v) is 4.00. The number of aryl methyl sites for hydroxylation is 2. The van der Waals surface area contributed by atoms with Gasteiger partial charge in [-0.1, -0.05) is 0 Å². The van der Waals surface area contributed by atoms with Crippen molar-refractivity contribution in [3.8, 4) is 0 Å². The van der Waals surface area contributed by atoms with Crippen LogP contribution in [0.5, 0.6) is 0 Å². The van der Waals surface area contributed by atoms with Crippen LogP contribution in [0.25, 0.3) is 0 Å². The Hall–Kier alpha value is -1.50. The van der Waals surface area contributed by atoms with Crippen LogP contribution in [0.3, 0.4) is 0 Å². The van der Waals surface area contributed by atoms with Crippen LogP contribution < -0.4 is 5.32 Å². The summed E-state index contributed by atoms with van der Waals surface area (Å²) in [4.78, 5) is 23.3. The van der Waals surface area contributed by atoms with Crippen LogP contribution in [0, 0.1) is 13.8 Å². The molecule has 20 heavy (non-hydrogen) atoms. The number of carbonyl (C=O) groups is 2. The number of thioether (sulfide) groups is 1. The quantitative estimate of drug-likeness (QED) is 0.809. The predicted octanol–water partition coefficient (Wildman–Crippen LogP) is 1.66. The molecule has 0 aromatic carbocycles. The van der Waals surface area contributed by atoms with Gasteiger partial charge in [-0.15, -0.1) is 11.8 Å². The fourth-order valence-corrected chi connectivity index (χ4v) is 2.33. The zero-order chi connectivity index (χ0) is 15.3. The molecule has 0 fully saturated rings. The zero-order valence-corrected chi connectivity index (χ0v) is 13.3. The molecule has 1 N–H and O–H groups in total. The van der Waals surface area contributed by atoms with Crippen molar-refractivity contribution in [3.05, 3.63) is 11.4 Å². The van der Waals surface area contributed by atoms with Gasteiger partial charge in [-0.2, -0.15) is 5.10 Å². The number of nitrogens with one attached hydrogen (secondary N) is 1. The summed E-state index contributed by atoms with van der Waals surface area (Å²) in [6, 6.07) is 0. The van der Waals surface area contributed by atoms with Crippen molar-refractivity contribution >= 4 is 29.3 Å². The van der Waals surface area contributed by atoms with Crippen molar-refractivity contribution in [1.29, 1.82) is 0 Å². The summed E-state index contributed by atoms with van der Waals surface area (Å²) in [7, 11) is 1.83. The average molecular weight is 299 g/mol. The van der Waals surface area contributed by atoms with Crippen LogP contribution in [-0.4, -0.2) is 39.3 Å². The topological polar surface area (TPSA) is 73.2 Å². The Bertz CT molecular complexity index is 499. The zero-order valence-electron chi connectivity index (χ0n) is 12.5. The molecular weight excluding hydrogens is 278 g/mol. The maximum atomic E-state index is 12.1. The van der Waals surface area contributed by atoms with Gasteiger partial charge in [-0.05, 0) is 27.7 Å². The van der Waals surface area contributed by atoms with Gasteiger partial charge < -0.3 is 10.1 Å². The van der Waals surface area contributed by atoms with Crippen LogP contribution in [-0.2, 0) is 21.4 Å². The molecule has 1 aromatic heterocycles. The summed E-state index contributed by atoms with van der Waals surface area (Å²) in [5.41, 5.74) is 2.42. The van der Waals surface area contributed by atoms with E-state index in [2.05, 4.69) is 10.4 Å². The lowest BCUT2D eigenvalue weighted by atomic mass is 10.3. The van der Waals surface area contributed by atoms with Crippen molar-refractivity contribution in [2.45, 2.75) is 32.9 Å². The van der Waals surface area contributed by atoms with E-state index in [1.165, 1.54) is 11.8 Å². The Morgan fingerprint density at radius 3 is 2.60 bits per heavy atom. The first-order chi connectivity index (χ1) is 9.36. The Kier molecular flexibility index (Phi) is 6.06. The molecule has 1 unspecified atom stereocenters. The summed E-state index contributed by atoms with van der Waals surface area (Å²) in [5, 5.41) is 6.77. The standard InChI is InChI=1S/C13H21N3O3S/c1-6-19-11(17)7-20-10(4)13(18)14-12-8(2)15-16(5)9(12)3/h10H,6-7H2,1-5H3,(H,14,18). The first kappa shape index (κ1) is 16.6. The van der Waals surface area contributed by atoms with Crippen molar-refractivity contribution in [3.63, 3.8) is 0 Å². The highest BCUT2D eigenvalue weighted by Crippen LogP contribution is 2.20. The van der Waals surface area contributed by atoms with Gasteiger partial charge in [0.15, 0.2) is 0 Å². The number of aromatic nitrogens is 2. The van der Waals surface area contributed by atoms with Gasteiger partial charge in [-0.25, -0.2) is 0 Å². The smallest absolute Gasteiger partial charge is 0.315 e. The fourth-order valence-electron chi connectivity index (χ4n) is 1.65. The molecule has 0 spiro atoms. The summed E-state index contributed by atoms with van der Waals surface area (Å²) in [6.45, 7) is 7.62. The minimum atomic E-state index is -0.335. The van der Waals surface area contributed by atoms with Crippen molar-refractivity contribution in [1.82, 2.24) is 9.78 Å². The molecule has 0 aliphatic heterocycles. The van der Waals surface area contributed by atoms with Crippen LogP contribution in [0.15, 0.2) is 0 Å². The van der Waals surface area contributed by atoms with Crippen LogP contribution in [0.2, 0.25) is 0 Å². The molecular formula is C13H21N3O3S. The summed E-state index contributed by atoms with van der Waals surface area (Å²) in [6.07, 6.45) is 0. The van der Waals surface area contributed by atoms with Gasteiger partial charge in [-0.3, -0.25) is 14.3 Å². The molecule has 1 rings (SSSR count). The van der Waals surface area contributed by atoms with E-state index in [0.717, 1.165) is 17.1 Å². The third kappa shape index (κ3) is 4.26. The first-order valence-corrected chi connectivity index (χ1v) is 7.50. The number of hydrogen-bond donors (Lipinski definition) is 1. The number of esters is 1. The summed E-state index contributed by atoms with van der Waals surface area (Å²) in [5.74, 6) is -0.266. The highest BCUT2D eigenvalue weighted by Gasteiger charge is 2.19. The van der Waals surface area contributed by atoms with E-state index in [9.17, 15) is 9.59 Å². The number of nitrogens with zero attached hydrogens (tertiary/aromatic N) is 2. The molecule has 0 saturated heterocycles. The maximum absolute atomic E-state index is 12.1. The summed E-state index contributed by atoms with van der Waals surface area (Å²) < 4.78 is 6.55. The predicted molar refractivity (Wildman–Crippen MR) is 79.9 cm³/mol. The number of rotatable bonds is 6. The van der Waals surface area contributed by atoms with Gasteiger partial charge in [0.25, 0.3) is 0 Å². The fraction of sp³-hybridized carbons (Fsp3) is 0.615. The van der Waals surface area contributed by atoms with E-state index < -0.39 is 0 Å². The second kappa shape index (κ2) is 7.33. The number of hydrogen-bond acceptors (Lipinski definition) is 5. The van der Waals surface area contributed by atoms with Crippen molar-refractivity contribution in [2.75, 3.05) is 17.7 Å². The molecule has 0 saturated carbocycles. The third-order valence-electron chi connectivity index (χ3n) is 2.88. The SMILES string of the molecule is CCOC(=O)CSC(C)C(=O)Nc1c(C)nn(C)c1C. The number of amides is 1. The Morgan fingerprint density at radius 1 is 1.45 bits per heavy atom. The average Bonchev–Trinajstić information content (AvgIpc) is 2.63. The molecule has 0 aliphatic carbocycles. The van der Waals surface area contributed by atoms with E-state index in [0.29, 0.717) is 6.61 Å². The highest BCUT2D eigenvalue weighted by atomic mass is 32.2. The van der Waals surface area contributed by atoms with Crippen molar-refractivity contribution < 1.29 is 14.3 Å². The van der Waals surface area contributed by atoms with Gasteiger partial charge in [0.1, 0.15) is 0 Å². The highest BCUT2D eigenvalue weighted by molar-refractivity contribution is 8.01. The second-order valence-electron chi connectivity index (χ2n) is 4.42. The first-order valence-electron chi connectivity index (χ1n) is 6.45. The lowest BCUT2D eigenvalue weighted by Gasteiger charge is -2.12. The number of carbonyl (C=O) groups excluding carboxylic acids is 2. The molecule has 1 heterocycles. The van der Waals surface area contributed by atoms with Gasteiger partial charge in [0, 0.05) is 7.05 Å². The van der Waals surface area contributed by atoms with Gasteiger partial charge in [0.2, 0.25) is 5.91 Å². The van der Waals surface area contributed by atoms with E-state index >= 15 is 0 Å². The van der Waals surface area contributed by atoms with E-state index in [1.807, 2.05) is 20.9 Å². The van der Waals surface area contributed by atoms with Crippen molar-refractivity contribution in [2.24, 2.45) is 7.05 Å². The van der Waals surface area contributed by atoms with Crippen LogP contribution in [0.1, 0.15) is 25.2 Å². The number of anilines is 1. The van der Waals surface area contributed by atoms with Gasteiger partial charge in [0.05, 0.1) is 34.7 Å².